The molecule has 0 aliphatic carbocycles. The topological polar surface area (TPSA) is 29.1 Å². The normalized spacial score (nSPS) is 10.0. The first-order chi connectivity index (χ1) is 7.24. The van der Waals surface area contributed by atoms with E-state index in [0.717, 1.165) is 0 Å². The van der Waals surface area contributed by atoms with Gasteiger partial charge in [0.2, 0.25) is 5.91 Å². The van der Waals surface area contributed by atoms with E-state index in [0.29, 0.717) is 24.3 Å². The Hall–Kier alpha value is -1.09. The molecule has 0 heterocycles. The third kappa shape index (κ3) is 4.30. The van der Waals surface area contributed by atoms with Gasteiger partial charge in [-0.25, -0.2) is 4.39 Å². The molecular weight excluding hydrogens is 217 g/mol. The Morgan fingerprint density at radius 2 is 2.13 bits per heavy atom. The lowest BCUT2D eigenvalue weighted by atomic mass is 10.2. The maximum absolute atomic E-state index is 13.1. The number of rotatable bonds is 5. The van der Waals surface area contributed by atoms with E-state index in [-0.39, 0.29) is 18.3 Å². The molecule has 1 N–H and O–H groups in total. The number of carbonyl (C=O) groups excluding carboxylic acids is 1. The zero-order valence-electron chi connectivity index (χ0n) is 8.30. The molecule has 0 aliphatic heterocycles. The molecule has 0 bridgehead atoms. The summed E-state index contributed by atoms with van der Waals surface area (Å²) in [6.45, 7) is 0.230. The van der Waals surface area contributed by atoms with Crippen LogP contribution in [0.15, 0.2) is 24.3 Å². The molecule has 0 unspecified atom stereocenters. The summed E-state index contributed by atoms with van der Waals surface area (Å²) in [4.78, 5) is 11.2. The van der Waals surface area contributed by atoms with E-state index in [9.17, 15) is 9.18 Å². The molecular formula is C11H13ClFNO. The Balaban J connectivity index is 2.37. The molecule has 0 radical (unpaired) electrons. The van der Waals surface area contributed by atoms with E-state index in [1.165, 1.54) is 6.07 Å². The number of benzene rings is 1. The van der Waals surface area contributed by atoms with E-state index >= 15 is 0 Å². The zero-order valence-corrected chi connectivity index (χ0v) is 9.06. The number of alkyl halides is 1. The Morgan fingerprint density at radius 3 is 2.80 bits per heavy atom. The lowest BCUT2D eigenvalue weighted by molar-refractivity contribution is -0.121. The monoisotopic (exact) mass is 229 g/mol. The number of halogens is 2. The van der Waals surface area contributed by atoms with Crippen LogP contribution in [0.2, 0.25) is 0 Å². The van der Waals surface area contributed by atoms with Gasteiger partial charge in [-0.3, -0.25) is 4.79 Å². The highest BCUT2D eigenvalue weighted by Gasteiger charge is 2.03. The van der Waals surface area contributed by atoms with E-state index in [1.54, 1.807) is 18.2 Å². The summed E-state index contributed by atoms with van der Waals surface area (Å²) >= 11 is 5.45. The molecule has 4 heteroatoms. The molecule has 0 atom stereocenters. The maximum atomic E-state index is 13.1. The van der Waals surface area contributed by atoms with Crippen molar-refractivity contribution in [2.45, 2.75) is 19.4 Å². The van der Waals surface area contributed by atoms with Gasteiger partial charge < -0.3 is 5.32 Å². The fourth-order valence-corrected chi connectivity index (χ4v) is 1.28. The van der Waals surface area contributed by atoms with Crippen LogP contribution < -0.4 is 5.32 Å². The standard InChI is InChI=1S/C11H13ClFNO/c12-7-3-6-11(15)14-8-9-4-1-2-5-10(9)13/h1-2,4-5H,3,6-8H2,(H,14,15). The summed E-state index contributed by atoms with van der Waals surface area (Å²) in [5.41, 5.74) is 0.497. The Morgan fingerprint density at radius 1 is 1.40 bits per heavy atom. The molecule has 0 fully saturated rings. The third-order valence-electron chi connectivity index (χ3n) is 1.97. The Bertz CT molecular complexity index is 330. The van der Waals surface area contributed by atoms with Gasteiger partial charge in [0.15, 0.2) is 0 Å². The molecule has 0 spiro atoms. The fourth-order valence-electron chi connectivity index (χ4n) is 1.15. The second-order valence-corrected chi connectivity index (χ2v) is 3.54. The molecule has 2 nitrogen and oxygen atoms in total. The summed E-state index contributed by atoms with van der Waals surface area (Å²) in [5.74, 6) is 0.0710. The molecule has 1 aromatic rings. The van der Waals surface area contributed by atoms with Crippen molar-refractivity contribution in [3.8, 4) is 0 Å². The van der Waals surface area contributed by atoms with Crippen molar-refractivity contribution in [3.05, 3.63) is 35.6 Å². The summed E-state index contributed by atoms with van der Waals surface area (Å²) in [6.07, 6.45) is 1.03. The summed E-state index contributed by atoms with van der Waals surface area (Å²) in [7, 11) is 0. The average molecular weight is 230 g/mol. The van der Waals surface area contributed by atoms with Crippen LogP contribution in [0, 0.1) is 5.82 Å². The zero-order chi connectivity index (χ0) is 11.1. The van der Waals surface area contributed by atoms with E-state index < -0.39 is 0 Å². The van der Waals surface area contributed by atoms with Gasteiger partial charge in [-0.1, -0.05) is 18.2 Å². The van der Waals surface area contributed by atoms with Crippen LogP contribution >= 0.6 is 11.6 Å². The molecule has 0 saturated heterocycles. The van der Waals surface area contributed by atoms with Crippen LogP contribution in [-0.4, -0.2) is 11.8 Å². The molecule has 0 aliphatic rings. The smallest absolute Gasteiger partial charge is 0.220 e. The number of hydrogen-bond donors (Lipinski definition) is 1. The van der Waals surface area contributed by atoms with E-state index in [2.05, 4.69) is 5.32 Å². The van der Waals surface area contributed by atoms with Gasteiger partial charge in [-0.15, -0.1) is 11.6 Å². The van der Waals surface area contributed by atoms with Gasteiger partial charge in [0.05, 0.1) is 0 Å². The van der Waals surface area contributed by atoms with Crippen LogP contribution in [0.4, 0.5) is 4.39 Å². The predicted molar refractivity (Wildman–Crippen MR) is 58.2 cm³/mol. The Labute approximate surface area is 93.4 Å². The second-order valence-electron chi connectivity index (χ2n) is 3.16. The van der Waals surface area contributed by atoms with E-state index in [4.69, 9.17) is 11.6 Å². The highest BCUT2D eigenvalue weighted by Crippen LogP contribution is 2.05. The minimum absolute atomic E-state index is 0.0982. The maximum Gasteiger partial charge on any atom is 0.220 e. The molecule has 1 rings (SSSR count). The van der Waals surface area contributed by atoms with Crippen LogP contribution in [0.3, 0.4) is 0 Å². The summed E-state index contributed by atoms with van der Waals surface area (Å²) in [5, 5.41) is 2.64. The number of carbonyl (C=O) groups is 1. The van der Waals surface area contributed by atoms with Gasteiger partial charge in [-0.05, 0) is 12.5 Å². The van der Waals surface area contributed by atoms with Gasteiger partial charge in [-0.2, -0.15) is 0 Å². The van der Waals surface area contributed by atoms with Gasteiger partial charge in [0.1, 0.15) is 5.82 Å². The molecule has 15 heavy (non-hydrogen) atoms. The molecule has 0 aromatic heterocycles. The Kier molecular flexibility index (Phi) is 5.12. The lowest BCUT2D eigenvalue weighted by Crippen LogP contribution is -2.22. The van der Waals surface area contributed by atoms with Crippen molar-refractivity contribution in [1.82, 2.24) is 5.32 Å². The van der Waals surface area contributed by atoms with Gasteiger partial charge in [0.25, 0.3) is 0 Å². The van der Waals surface area contributed by atoms with Crippen molar-refractivity contribution in [2.24, 2.45) is 0 Å². The highest BCUT2D eigenvalue weighted by atomic mass is 35.5. The summed E-state index contributed by atoms with van der Waals surface area (Å²) < 4.78 is 13.1. The molecule has 0 saturated carbocycles. The van der Waals surface area contributed by atoms with Gasteiger partial charge >= 0.3 is 0 Å². The van der Waals surface area contributed by atoms with Crippen LogP contribution in [0.5, 0.6) is 0 Å². The lowest BCUT2D eigenvalue weighted by Gasteiger charge is -2.05. The van der Waals surface area contributed by atoms with Crippen molar-refractivity contribution >= 4 is 17.5 Å². The highest BCUT2D eigenvalue weighted by molar-refractivity contribution is 6.17. The van der Waals surface area contributed by atoms with Crippen LogP contribution in [-0.2, 0) is 11.3 Å². The van der Waals surface area contributed by atoms with Crippen molar-refractivity contribution in [2.75, 3.05) is 5.88 Å². The first kappa shape index (κ1) is 12.0. The number of hydrogen-bond acceptors (Lipinski definition) is 1. The molecule has 1 amide bonds. The second kappa shape index (κ2) is 6.40. The van der Waals surface area contributed by atoms with Crippen LogP contribution in [0.25, 0.3) is 0 Å². The SMILES string of the molecule is O=C(CCCCl)NCc1ccccc1F. The van der Waals surface area contributed by atoms with Gasteiger partial charge in [0, 0.05) is 24.4 Å². The largest absolute Gasteiger partial charge is 0.352 e. The quantitative estimate of drug-likeness (QED) is 0.773. The van der Waals surface area contributed by atoms with E-state index in [1.807, 2.05) is 0 Å². The first-order valence-electron chi connectivity index (χ1n) is 4.80. The number of nitrogens with one attached hydrogen (secondary N) is 1. The van der Waals surface area contributed by atoms with Crippen LogP contribution in [0.1, 0.15) is 18.4 Å². The van der Waals surface area contributed by atoms with Crippen molar-refractivity contribution < 1.29 is 9.18 Å². The number of amides is 1. The molecule has 1 aromatic carbocycles. The first-order valence-corrected chi connectivity index (χ1v) is 5.33. The fraction of sp³-hybridized carbons (Fsp3) is 0.364. The summed E-state index contributed by atoms with van der Waals surface area (Å²) in [6, 6.07) is 6.38. The average Bonchev–Trinajstić information content (AvgIpc) is 2.25. The minimum Gasteiger partial charge on any atom is -0.352 e. The van der Waals surface area contributed by atoms with Crippen molar-refractivity contribution in [1.29, 1.82) is 0 Å². The minimum atomic E-state index is -0.296. The molecule has 82 valence electrons. The van der Waals surface area contributed by atoms with Crippen molar-refractivity contribution in [3.63, 3.8) is 0 Å². The predicted octanol–water partition coefficient (Wildman–Crippen LogP) is 2.46. The third-order valence-corrected chi connectivity index (χ3v) is 2.24.